The predicted octanol–water partition coefficient (Wildman–Crippen LogP) is 3.33. The summed E-state index contributed by atoms with van der Waals surface area (Å²) in [6.45, 7) is 1.72. The van der Waals surface area contributed by atoms with Gasteiger partial charge in [0.1, 0.15) is 11.3 Å². The van der Waals surface area contributed by atoms with Crippen LogP contribution in [0.5, 0.6) is 0 Å². The van der Waals surface area contributed by atoms with Crippen molar-refractivity contribution in [1.82, 2.24) is 9.55 Å². The Hall–Kier alpha value is -2.50. The third-order valence-electron chi connectivity index (χ3n) is 3.15. The smallest absolute Gasteiger partial charge is 0.206 e. The Balaban J connectivity index is 2.44. The normalized spacial score (nSPS) is 11.2. The SMILES string of the molecule is Cc1ccc(F)cc1-n1c(N)nc2ccc(F)c(F)c21. The molecule has 20 heavy (non-hydrogen) atoms. The molecule has 0 saturated carbocycles. The number of nitrogen functional groups attached to an aromatic ring is 1. The Morgan fingerprint density at radius 2 is 1.85 bits per heavy atom. The van der Waals surface area contributed by atoms with E-state index in [0.29, 0.717) is 11.3 Å². The second-order valence-electron chi connectivity index (χ2n) is 4.47. The molecule has 2 aromatic carbocycles. The molecule has 1 heterocycles. The molecule has 1 aromatic heterocycles. The number of rotatable bonds is 1. The lowest BCUT2D eigenvalue weighted by Gasteiger charge is -2.10. The quantitative estimate of drug-likeness (QED) is 0.741. The summed E-state index contributed by atoms with van der Waals surface area (Å²) >= 11 is 0. The Bertz CT molecular complexity index is 824. The first-order valence-electron chi connectivity index (χ1n) is 5.87. The molecule has 0 aliphatic carbocycles. The Morgan fingerprint density at radius 3 is 2.60 bits per heavy atom. The molecular formula is C14H10F3N3. The maximum Gasteiger partial charge on any atom is 0.206 e. The summed E-state index contributed by atoms with van der Waals surface area (Å²) in [5.74, 6) is -2.59. The van der Waals surface area contributed by atoms with Crippen molar-refractivity contribution in [3.63, 3.8) is 0 Å². The van der Waals surface area contributed by atoms with Gasteiger partial charge in [0.05, 0.1) is 11.2 Å². The van der Waals surface area contributed by atoms with E-state index in [1.807, 2.05) is 0 Å². The molecule has 0 atom stereocenters. The van der Waals surface area contributed by atoms with Crippen molar-refractivity contribution in [3.8, 4) is 5.69 Å². The number of imidazole rings is 1. The van der Waals surface area contributed by atoms with Gasteiger partial charge in [-0.15, -0.1) is 0 Å². The van der Waals surface area contributed by atoms with Crippen LogP contribution in [0.4, 0.5) is 19.1 Å². The van der Waals surface area contributed by atoms with Gasteiger partial charge in [-0.2, -0.15) is 0 Å². The molecule has 0 saturated heterocycles. The fourth-order valence-electron chi connectivity index (χ4n) is 2.19. The molecule has 0 fully saturated rings. The van der Waals surface area contributed by atoms with E-state index in [0.717, 1.165) is 6.07 Å². The third kappa shape index (κ3) is 1.72. The monoisotopic (exact) mass is 277 g/mol. The summed E-state index contributed by atoms with van der Waals surface area (Å²) in [6.07, 6.45) is 0. The van der Waals surface area contributed by atoms with Gasteiger partial charge in [0, 0.05) is 0 Å². The van der Waals surface area contributed by atoms with Crippen molar-refractivity contribution in [1.29, 1.82) is 0 Å². The summed E-state index contributed by atoms with van der Waals surface area (Å²) in [6, 6.07) is 6.33. The van der Waals surface area contributed by atoms with Gasteiger partial charge in [-0.25, -0.2) is 18.2 Å². The first kappa shape index (κ1) is 12.5. The third-order valence-corrected chi connectivity index (χ3v) is 3.15. The molecule has 2 N–H and O–H groups in total. The standard InChI is InChI=1S/C14H10F3N3/c1-7-2-3-8(15)6-11(7)20-13-10(19-14(20)18)5-4-9(16)12(13)17/h2-6H,1H3,(H2,18,19). The number of aromatic nitrogens is 2. The van der Waals surface area contributed by atoms with Crippen molar-refractivity contribution in [2.24, 2.45) is 0 Å². The van der Waals surface area contributed by atoms with E-state index < -0.39 is 17.5 Å². The molecule has 6 heteroatoms. The second-order valence-corrected chi connectivity index (χ2v) is 4.47. The molecule has 3 nitrogen and oxygen atoms in total. The summed E-state index contributed by atoms with van der Waals surface area (Å²) in [5, 5.41) is 0. The Morgan fingerprint density at radius 1 is 1.10 bits per heavy atom. The maximum atomic E-state index is 14.0. The summed E-state index contributed by atoms with van der Waals surface area (Å²) in [5.41, 5.74) is 6.87. The van der Waals surface area contributed by atoms with Crippen molar-refractivity contribution >= 4 is 17.0 Å². The molecule has 102 valence electrons. The van der Waals surface area contributed by atoms with Crippen LogP contribution in [0.25, 0.3) is 16.7 Å². The molecule has 0 radical (unpaired) electrons. The molecule has 0 bridgehead atoms. The lowest BCUT2D eigenvalue weighted by Crippen LogP contribution is -2.04. The van der Waals surface area contributed by atoms with Crippen LogP contribution in [-0.2, 0) is 0 Å². The number of benzene rings is 2. The molecule has 0 aliphatic rings. The number of nitrogens with zero attached hydrogens (tertiary/aromatic N) is 2. The highest BCUT2D eigenvalue weighted by molar-refractivity contribution is 5.81. The van der Waals surface area contributed by atoms with Gasteiger partial charge in [0.15, 0.2) is 11.6 Å². The van der Waals surface area contributed by atoms with Gasteiger partial charge in [0.2, 0.25) is 5.95 Å². The minimum Gasteiger partial charge on any atom is -0.369 e. The number of aryl methyl sites for hydroxylation is 1. The zero-order valence-corrected chi connectivity index (χ0v) is 10.5. The first-order chi connectivity index (χ1) is 9.49. The average Bonchev–Trinajstić information content (AvgIpc) is 2.74. The number of anilines is 1. The number of hydrogen-bond acceptors (Lipinski definition) is 2. The predicted molar refractivity (Wildman–Crippen MR) is 70.1 cm³/mol. The van der Waals surface area contributed by atoms with E-state index in [1.54, 1.807) is 6.92 Å². The van der Waals surface area contributed by atoms with Gasteiger partial charge >= 0.3 is 0 Å². The van der Waals surface area contributed by atoms with Crippen LogP contribution in [-0.4, -0.2) is 9.55 Å². The molecular weight excluding hydrogens is 267 g/mol. The van der Waals surface area contributed by atoms with Crippen LogP contribution in [0.3, 0.4) is 0 Å². The van der Waals surface area contributed by atoms with Crippen LogP contribution in [0.1, 0.15) is 5.56 Å². The van der Waals surface area contributed by atoms with Crippen LogP contribution in [0.2, 0.25) is 0 Å². The Labute approximate surface area is 112 Å². The van der Waals surface area contributed by atoms with E-state index in [2.05, 4.69) is 4.98 Å². The van der Waals surface area contributed by atoms with Gasteiger partial charge in [-0.1, -0.05) is 6.07 Å². The molecule has 0 spiro atoms. The van der Waals surface area contributed by atoms with Crippen LogP contribution >= 0.6 is 0 Å². The van der Waals surface area contributed by atoms with E-state index in [1.165, 1.54) is 28.8 Å². The highest BCUT2D eigenvalue weighted by Crippen LogP contribution is 2.28. The molecule has 0 amide bonds. The van der Waals surface area contributed by atoms with Crippen LogP contribution < -0.4 is 5.73 Å². The summed E-state index contributed by atoms with van der Waals surface area (Å²) in [7, 11) is 0. The molecule has 3 aromatic rings. The molecule has 3 rings (SSSR count). The maximum absolute atomic E-state index is 14.0. The zero-order valence-electron chi connectivity index (χ0n) is 10.5. The lowest BCUT2D eigenvalue weighted by molar-refractivity contribution is 0.514. The number of hydrogen-bond donors (Lipinski definition) is 1. The van der Waals surface area contributed by atoms with Crippen molar-refractivity contribution in [3.05, 3.63) is 53.3 Å². The van der Waals surface area contributed by atoms with Crippen LogP contribution in [0, 0.1) is 24.4 Å². The van der Waals surface area contributed by atoms with Gasteiger partial charge < -0.3 is 5.73 Å². The number of halogens is 3. The average molecular weight is 277 g/mol. The highest BCUT2D eigenvalue weighted by Gasteiger charge is 2.18. The second kappa shape index (κ2) is 4.26. The van der Waals surface area contributed by atoms with Crippen LogP contribution in [0.15, 0.2) is 30.3 Å². The van der Waals surface area contributed by atoms with Crippen molar-refractivity contribution in [2.45, 2.75) is 6.92 Å². The van der Waals surface area contributed by atoms with E-state index in [-0.39, 0.29) is 17.0 Å². The van der Waals surface area contributed by atoms with Gasteiger partial charge in [0.25, 0.3) is 0 Å². The minimum absolute atomic E-state index is 0.0294. The summed E-state index contributed by atoms with van der Waals surface area (Å²) < 4.78 is 42.0. The zero-order chi connectivity index (χ0) is 14.4. The fourth-order valence-corrected chi connectivity index (χ4v) is 2.19. The molecule has 0 unspecified atom stereocenters. The van der Waals surface area contributed by atoms with E-state index in [4.69, 9.17) is 5.73 Å². The van der Waals surface area contributed by atoms with E-state index in [9.17, 15) is 13.2 Å². The van der Waals surface area contributed by atoms with Crippen molar-refractivity contribution in [2.75, 3.05) is 5.73 Å². The highest BCUT2D eigenvalue weighted by atomic mass is 19.2. The fraction of sp³-hybridized carbons (Fsp3) is 0.0714. The number of nitrogens with two attached hydrogens (primary N) is 1. The number of fused-ring (bicyclic) bond motifs is 1. The summed E-state index contributed by atoms with van der Waals surface area (Å²) in [4.78, 5) is 3.97. The largest absolute Gasteiger partial charge is 0.369 e. The lowest BCUT2D eigenvalue weighted by atomic mass is 10.2. The first-order valence-corrected chi connectivity index (χ1v) is 5.87. The molecule has 0 aliphatic heterocycles. The van der Waals surface area contributed by atoms with Crippen molar-refractivity contribution < 1.29 is 13.2 Å². The topological polar surface area (TPSA) is 43.8 Å². The minimum atomic E-state index is -1.06. The van der Waals surface area contributed by atoms with E-state index >= 15 is 0 Å². The Kier molecular flexibility index (Phi) is 2.67. The van der Waals surface area contributed by atoms with Gasteiger partial charge in [-0.05, 0) is 36.8 Å². The van der Waals surface area contributed by atoms with Gasteiger partial charge in [-0.3, -0.25) is 4.57 Å².